The molecule has 1 aromatic heterocycles. The molecule has 0 saturated carbocycles. The summed E-state index contributed by atoms with van der Waals surface area (Å²) in [6.45, 7) is 5.27. The number of allylic oxidation sites excluding steroid dienone is 1. The second kappa shape index (κ2) is 5.90. The van der Waals surface area contributed by atoms with Gasteiger partial charge in [0, 0.05) is 30.5 Å². The molecule has 0 aliphatic carbocycles. The van der Waals surface area contributed by atoms with E-state index in [0.717, 1.165) is 23.6 Å². The van der Waals surface area contributed by atoms with Gasteiger partial charge in [0.2, 0.25) is 0 Å². The second-order valence-electron chi connectivity index (χ2n) is 5.75. The average Bonchev–Trinajstić information content (AvgIpc) is 2.88. The Hall–Kier alpha value is -1.81. The number of hydrogen-bond donors (Lipinski definition) is 2. The van der Waals surface area contributed by atoms with Gasteiger partial charge >= 0.3 is 0 Å². The lowest BCUT2D eigenvalue weighted by molar-refractivity contribution is 0.577. The minimum Gasteiger partial charge on any atom is -0.370 e. The van der Waals surface area contributed by atoms with Gasteiger partial charge in [0.1, 0.15) is 12.0 Å². The number of halogens is 1. The van der Waals surface area contributed by atoms with Crippen molar-refractivity contribution >= 4 is 29.2 Å². The van der Waals surface area contributed by atoms with Crippen LogP contribution in [0.5, 0.6) is 0 Å². The summed E-state index contributed by atoms with van der Waals surface area (Å²) in [7, 11) is 0. The molecule has 0 aromatic carbocycles. The van der Waals surface area contributed by atoms with E-state index in [0.29, 0.717) is 11.0 Å². The predicted octanol–water partition coefficient (Wildman–Crippen LogP) is 3.24. The summed E-state index contributed by atoms with van der Waals surface area (Å²) < 4.78 is 0. The minimum absolute atomic E-state index is 0.0385. The first-order chi connectivity index (χ1) is 10.1. The third kappa shape index (κ3) is 3.10. The third-order valence-electron chi connectivity index (χ3n) is 3.54. The van der Waals surface area contributed by atoms with Gasteiger partial charge in [-0.15, -0.1) is 0 Å². The average molecular weight is 303 g/mol. The van der Waals surface area contributed by atoms with Crippen molar-refractivity contribution in [3.8, 4) is 0 Å². The summed E-state index contributed by atoms with van der Waals surface area (Å²) in [4.78, 5) is 9.10. The van der Waals surface area contributed by atoms with Crippen LogP contribution in [0.1, 0.15) is 19.5 Å². The van der Waals surface area contributed by atoms with Gasteiger partial charge in [0.15, 0.2) is 0 Å². The first-order valence-corrected chi connectivity index (χ1v) is 7.59. The quantitative estimate of drug-likeness (QED) is 0.897. The van der Waals surface area contributed by atoms with Crippen LogP contribution < -0.4 is 10.6 Å². The Kier molecular flexibility index (Phi) is 3.97. The van der Waals surface area contributed by atoms with Gasteiger partial charge in [-0.2, -0.15) is 0 Å². The maximum atomic E-state index is 6.08. The zero-order valence-electron chi connectivity index (χ0n) is 12.2. The first-order valence-electron chi connectivity index (χ1n) is 7.21. The highest BCUT2D eigenvalue weighted by molar-refractivity contribution is 6.39. The molecule has 0 saturated heterocycles. The van der Waals surface area contributed by atoms with Crippen molar-refractivity contribution in [1.82, 2.24) is 10.3 Å². The molecule has 2 N–H and O–H groups in total. The Morgan fingerprint density at radius 3 is 3.05 bits per heavy atom. The molecule has 21 heavy (non-hydrogen) atoms. The van der Waals surface area contributed by atoms with Crippen molar-refractivity contribution < 1.29 is 0 Å². The molecule has 0 fully saturated rings. The fourth-order valence-corrected chi connectivity index (χ4v) is 2.67. The Morgan fingerprint density at radius 1 is 1.38 bits per heavy atom. The third-order valence-corrected chi connectivity index (χ3v) is 3.77. The molecule has 2 unspecified atom stereocenters. The van der Waals surface area contributed by atoms with Crippen LogP contribution in [0.4, 0.5) is 5.82 Å². The van der Waals surface area contributed by atoms with Gasteiger partial charge in [-0.1, -0.05) is 37.6 Å². The fourth-order valence-electron chi connectivity index (χ4n) is 2.48. The van der Waals surface area contributed by atoms with Crippen LogP contribution in [0, 0.1) is 11.8 Å². The lowest BCUT2D eigenvalue weighted by atomic mass is 9.95. The van der Waals surface area contributed by atoms with Crippen molar-refractivity contribution in [2.45, 2.75) is 20.0 Å². The fraction of sp³-hybridized carbons (Fsp3) is 0.375. The molecule has 0 bridgehead atoms. The number of fused-ring (bicyclic) bond motifs is 1. The van der Waals surface area contributed by atoms with Crippen LogP contribution in [0.15, 0.2) is 40.5 Å². The highest BCUT2D eigenvalue weighted by Gasteiger charge is 2.31. The number of dihydropyridines is 1. The van der Waals surface area contributed by atoms with Gasteiger partial charge < -0.3 is 10.6 Å². The maximum Gasteiger partial charge on any atom is 0.128 e. The number of rotatable bonds is 4. The van der Waals surface area contributed by atoms with Crippen molar-refractivity contribution in [2.75, 3.05) is 11.9 Å². The van der Waals surface area contributed by atoms with E-state index in [2.05, 4.69) is 29.5 Å². The van der Waals surface area contributed by atoms with Gasteiger partial charge in [-0.3, -0.25) is 4.99 Å². The highest BCUT2D eigenvalue weighted by atomic mass is 35.5. The molecule has 3 heterocycles. The zero-order chi connectivity index (χ0) is 14.8. The largest absolute Gasteiger partial charge is 0.370 e. The summed E-state index contributed by atoms with van der Waals surface area (Å²) >= 11 is 6.08. The normalized spacial score (nSPS) is 23.4. The van der Waals surface area contributed by atoms with Crippen LogP contribution in [0.2, 0.25) is 0 Å². The molecular weight excluding hydrogens is 284 g/mol. The minimum atomic E-state index is 0.0385. The lowest BCUT2D eigenvalue weighted by Crippen LogP contribution is -2.26. The van der Waals surface area contributed by atoms with Crippen LogP contribution in [-0.4, -0.2) is 23.9 Å². The van der Waals surface area contributed by atoms with Crippen LogP contribution in [0.3, 0.4) is 0 Å². The van der Waals surface area contributed by atoms with Gasteiger partial charge in [0.25, 0.3) is 0 Å². The summed E-state index contributed by atoms with van der Waals surface area (Å²) in [6.07, 6.45) is 5.76. The number of aliphatic imine (C=N–C) groups is 1. The van der Waals surface area contributed by atoms with E-state index in [1.54, 1.807) is 6.21 Å². The maximum absolute atomic E-state index is 6.08. The smallest absolute Gasteiger partial charge is 0.128 e. The number of anilines is 1. The molecule has 5 heteroatoms. The number of nitrogens with one attached hydrogen (secondary N) is 2. The monoisotopic (exact) mass is 302 g/mol. The topological polar surface area (TPSA) is 49.3 Å². The molecule has 2 atom stereocenters. The van der Waals surface area contributed by atoms with E-state index in [9.17, 15) is 0 Å². The van der Waals surface area contributed by atoms with E-state index in [1.807, 2.05) is 30.5 Å². The summed E-state index contributed by atoms with van der Waals surface area (Å²) in [6, 6.07) is 6.04. The first kappa shape index (κ1) is 14.1. The summed E-state index contributed by atoms with van der Waals surface area (Å²) in [5, 5.41) is 7.31. The van der Waals surface area contributed by atoms with Gasteiger partial charge in [-0.25, -0.2) is 4.98 Å². The van der Waals surface area contributed by atoms with E-state index >= 15 is 0 Å². The molecule has 2 aliphatic rings. The Bertz CT molecular complexity index is 618. The molecule has 4 nitrogen and oxygen atoms in total. The molecule has 0 spiro atoms. The summed E-state index contributed by atoms with van der Waals surface area (Å²) in [5.74, 6) is 1.64. The summed E-state index contributed by atoms with van der Waals surface area (Å²) in [5.41, 5.74) is 2.09. The number of nitrogens with zero attached hydrogens (tertiary/aromatic N) is 2. The van der Waals surface area contributed by atoms with Crippen LogP contribution in [0.25, 0.3) is 5.57 Å². The standard InChI is InChI=1S/C16H19ClN4/c1-10(2)7-18-15-5-3-4-14(21-15)13-9-20-16-12(13)6-11(17)8-19-16/h3-6,8-10,12,16,20H,7H2,1-2H3,(H,18,21). The van der Waals surface area contributed by atoms with Crippen molar-refractivity contribution in [3.63, 3.8) is 0 Å². The van der Waals surface area contributed by atoms with Gasteiger partial charge in [0.05, 0.1) is 10.7 Å². The van der Waals surface area contributed by atoms with Crippen LogP contribution >= 0.6 is 11.6 Å². The molecular formula is C16H19ClN4. The number of pyridine rings is 1. The lowest BCUT2D eigenvalue weighted by Gasteiger charge is -2.19. The number of aromatic nitrogens is 1. The van der Waals surface area contributed by atoms with E-state index in [4.69, 9.17) is 16.6 Å². The zero-order valence-corrected chi connectivity index (χ0v) is 12.9. The Morgan fingerprint density at radius 2 is 2.24 bits per heavy atom. The predicted molar refractivity (Wildman–Crippen MR) is 88.4 cm³/mol. The van der Waals surface area contributed by atoms with E-state index in [-0.39, 0.29) is 12.1 Å². The number of hydrogen-bond acceptors (Lipinski definition) is 4. The molecule has 0 radical (unpaired) electrons. The highest BCUT2D eigenvalue weighted by Crippen LogP contribution is 2.34. The van der Waals surface area contributed by atoms with E-state index in [1.165, 1.54) is 0 Å². The van der Waals surface area contributed by atoms with Crippen molar-refractivity contribution in [3.05, 3.63) is 41.2 Å². The van der Waals surface area contributed by atoms with Crippen molar-refractivity contribution in [2.24, 2.45) is 16.8 Å². The molecule has 2 aliphatic heterocycles. The molecule has 1 aromatic rings. The second-order valence-corrected chi connectivity index (χ2v) is 6.19. The molecule has 110 valence electrons. The van der Waals surface area contributed by atoms with E-state index < -0.39 is 0 Å². The molecule has 0 amide bonds. The Labute approximate surface area is 130 Å². The van der Waals surface area contributed by atoms with Crippen molar-refractivity contribution in [1.29, 1.82) is 0 Å². The van der Waals surface area contributed by atoms with Crippen LogP contribution in [-0.2, 0) is 0 Å². The van der Waals surface area contributed by atoms with Gasteiger partial charge in [-0.05, 0) is 18.1 Å². The molecule has 3 rings (SSSR count). The Balaban J connectivity index is 1.81. The SMILES string of the molecule is CC(C)CNc1cccc(C2=CNC3N=CC(Cl)=CC23)n1.